The molecule has 18 heavy (non-hydrogen) atoms. The Morgan fingerprint density at radius 1 is 1.50 bits per heavy atom. The summed E-state index contributed by atoms with van der Waals surface area (Å²) in [6, 6.07) is 0. The lowest BCUT2D eigenvalue weighted by Gasteiger charge is -2.15. The third-order valence-electron chi connectivity index (χ3n) is 2.31. The SMILES string of the molecule is CNCCCC(=O)N(C)Cc1cnc(C)s1.Cl.Cl. The topological polar surface area (TPSA) is 45.2 Å². The minimum absolute atomic E-state index is 0. The molecule has 1 aromatic rings. The molecule has 1 rings (SSSR count). The molecule has 0 saturated heterocycles. The van der Waals surface area contributed by atoms with Crippen molar-refractivity contribution in [2.24, 2.45) is 0 Å². The highest BCUT2D eigenvalue weighted by molar-refractivity contribution is 7.11. The van der Waals surface area contributed by atoms with Crippen LogP contribution < -0.4 is 5.32 Å². The van der Waals surface area contributed by atoms with Crippen LogP contribution in [0.25, 0.3) is 0 Å². The van der Waals surface area contributed by atoms with Crippen molar-refractivity contribution >= 4 is 42.1 Å². The highest BCUT2D eigenvalue weighted by Crippen LogP contribution is 2.13. The quantitative estimate of drug-likeness (QED) is 0.819. The molecule has 0 unspecified atom stereocenters. The van der Waals surface area contributed by atoms with Crippen molar-refractivity contribution in [1.82, 2.24) is 15.2 Å². The van der Waals surface area contributed by atoms with Crippen LogP contribution in [-0.4, -0.2) is 36.4 Å². The van der Waals surface area contributed by atoms with E-state index >= 15 is 0 Å². The molecule has 0 radical (unpaired) electrons. The number of aromatic nitrogens is 1. The van der Waals surface area contributed by atoms with Gasteiger partial charge in [-0.05, 0) is 26.9 Å². The van der Waals surface area contributed by atoms with Gasteiger partial charge in [-0.25, -0.2) is 4.98 Å². The van der Waals surface area contributed by atoms with Crippen molar-refractivity contribution in [2.45, 2.75) is 26.3 Å². The van der Waals surface area contributed by atoms with E-state index < -0.39 is 0 Å². The summed E-state index contributed by atoms with van der Waals surface area (Å²) in [5.41, 5.74) is 0. The molecule has 0 aliphatic heterocycles. The number of nitrogens with one attached hydrogen (secondary N) is 1. The van der Waals surface area contributed by atoms with E-state index in [4.69, 9.17) is 0 Å². The van der Waals surface area contributed by atoms with Crippen LogP contribution in [0, 0.1) is 6.92 Å². The number of thiazole rings is 1. The van der Waals surface area contributed by atoms with E-state index in [-0.39, 0.29) is 30.7 Å². The zero-order chi connectivity index (χ0) is 12.0. The first-order valence-electron chi connectivity index (χ1n) is 5.43. The molecule has 0 bridgehead atoms. The molecule has 0 aliphatic carbocycles. The number of rotatable bonds is 6. The van der Waals surface area contributed by atoms with Crippen molar-refractivity contribution in [3.05, 3.63) is 16.1 Å². The lowest BCUT2D eigenvalue weighted by molar-refractivity contribution is -0.130. The lowest BCUT2D eigenvalue weighted by atomic mass is 10.3. The summed E-state index contributed by atoms with van der Waals surface area (Å²) in [4.78, 5) is 18.8. The predicted octanol–water partition coefficient (Wildman–Crippen LogP) is 2.25. The summed E-state index contributed by atoms with van der Waals surface area (Å²) in [5, 5.41) is 4.08. The molecule has 4 nitrogen and oxygen atoms in total. The monoisotopic (exact) mass is 313 g/mol. The fourth-order valence-electron chi connectivity index (χ4n) is 1.41. The molecule has 0 spiro atoms. The first-order valence-corrected chi connectivity index (χ1v) is 6.25. The van der Waals surface area contributed by atoms with Crippen molar-refractivity contribution in [1.29, 1.82) is 0 Å². The van der Waals surface area contributed by atoms with E-state index in [1.807, 2.05) is 27.2 Å². The van der Waals surface area contributed by atoms with Gasteiger partial charge >= 0.3 is 0 Å². The molecular weight excluding hydrogens is 293 g/mol. The summed E-state index contributed by atoms with van der Waals surface area (Å²) in [5.74, 6) is 0.196. The third-order valence-corrected chi connectivity index (χ3v) is 3.20. The third kappa shape index (κ3) is 7.16. The number of carbonyl (C=O) groups is 1. The van der Waals surface area contributed by atoms with Gasteiger partial charge in [0, 0.05) is 24.5 Å². The molecule has 0 fully saturated rings. The minimum atomic E-state index is 0. The Hall–Kier alpha value is -0.360. The molecule has 7 heteroatoms. The summed E-state index contributed by atoms with van der Waals surface area (Å²) < 4.78 is 0. The van der Waals surface area contributed by atoms with Crippen LogP contribution in [0.5, 0.6) is 0 Å². The summed E-state index contributed by atoms with van der Waals surface area (Å²) in [6.45, 7) is 3.53. The molecule has 0 aliphatic rings. The summed E-state index contributed by atoms with van der Waals surface area (Å²) in [6.07, 6.45) is 3.34. The van der Waals surface area contributed by atoms with Crippen LogP contribution in [0.3, 0.4) is 0 Å². The van der Waals surface area contributed by atoms with E-state index in [0.29, 0.717) is 13.0 Å². The van der Waals surface area contributed by atoms with Gasteiger partial charge in [0.1, 0.15) is 0 Å². The van der Waals surface area contributed by atoms with Crippen LogP contribution in [0.1, 0.15) is 22.7 Å². The first-order chi connectivity index (χ1) is 7.63. The van der Waals surface area contributed by atoms with Gasteiger partial charge in [-0.15, -0.1) is 36.2 Å². The largest absolute Gasteiger partial charge is 0.341 e. The maximum atomic E-state index is 11.7. The maximum absolute atomic E-state index is 11.7. The number of hydrogen-bond donors (Lipinski definition) is 1. The van der Waals surface area contributed by atoms with E-state index in [0.717, 1.165) is 22.9 Å². The molecule has 1 amide bonds. The first kappa shape index (κ1) is 20.0. The Morgan fingerprint density at radius 3 is 2.67 bits per heavy atom. The predicted molar refractivity (Wildman–Crippen MR) is 81.0 cm³/mol. The lowest BCUT2D eigenvalue weighted by Crippen LogP contribution is -2.26. The molecule has 1 heterocycles. The summed E-state index contributed by atoms with van der Waals surface area (Å²) >= 11 is 1.64. The van der Waals surface area contributed by atoms with Gasteiger partial charge < -0.3 is 10.2 Å². The number of aryl methyl sites for hydroxylation is 1. The van der Waals surface area contributed by atoms with Crippen LogP contribution >= 0.6 is 36.2 Å². The minimum Gasteiger partial charge on any atom is -0.341 e. The van der Waals surface area contributed by atoms with Crippen molar-refractivity contribution in [3.63, 3.8) is 0 Å². The number of carbonyl (C=O) groups excluding carboxylic acids is 1. The normalized spacial score (nSPS) is 9.28. The van der Waals surface area contributed by atoms with Crippen LogP contribution in [0.4, 0.5) is 0 Å². The number of halogens is 2. The average molecular weight is 314 g/mol. The second kappa shape index (κ2) is 10.6. The van der Waals surface area contributed by atoms with Crippen LogP contribution in [0.15, 0.2) is 6.20 Å². The number of hydrogen-bond acceptors (Lipinski definition) is 4. The van der Waals surface area contributed by atoms with Gasteiger partial charge in [-0.3, -0.25) is 4.79 Å². The van der Waals surface area contributed by atoms with E-state index in [9.17, 15) is 4.79 Å². The molecule has 106 valence electrons. The Labute approximate surface area is 125 Å². The van der Waals surface area contributed by atoms with E-state index in [1.165, 1.54) is 0 Å². The summed E-state index contributed by atoms with van der Waals surface area (Å²) in [7, 11) is 3.74. The van der Waals surface area contributed by atoms with E-state index in [2.05, 4.69) is 10.3 Å². The fourth-order valence-corrected chi connectivity index (χ4v) is 2.26. The van der Waals surface area contributed by atoms with Crippen molar-refractivity contribution in [2.75, 3.05) is 20.6 Å². The Morgan fingerprint density at radius 2 is 2.17 bits per heavy atom. The zero-order valence-electron chi connectivity index (χ0n) is 10.9. The Balaban J connectivity index is 0. The molecule has 0 saturated carbocycles. The smallest absolute Gasteiger partial charge is 0.222 e. The van der Waals surface area contributed by atoms with Gasteiger partial charge in [0.25, 0.3) is 0 Å². The standard InChI is InChI=1S/C11H19N3OS.2ClH/c1-9-13-7-10(16-9)8-14(3)11(15)5-4-6-12-2;;/h7,12H,4-6,8H2,1-3H3;2*1H. The molecular formula is C11H21Cl2N3OS. The van der Waals surface area contributed by atoms with Gasteiger partial charge in [-0.2, -0.15) is 0 Å². The van der Waals surface area contributed by atoms with Crippen molar-refractivity contribution in [3.8, 4) is 0 Å². The number of nitrogens with zero attached hydrogens (tertiary/aromatic N) is 2. The van der Waals surface area contributed by atoms with Crippen LogP contribution in [0.2, 0.25) is 0 Å². The van der Waals surface area contributed by atoms with Gasteiger partial charge in [-0.1, -0.05) is 0 Å². The van der Waals surface area contributed by atoms with Crippen LogP contribution in [-0.2, 0) is 11.3 Å². The zero-order valence-corrected chi connectivity index (χ0v) is 13.4. The highest BCUT2D eigenvalue weighted by Gasteiger charge is 2.09. The Kier molecular flexibility index (Phi) is 11.7. The van der Waals surface area contributed by atoms with Gasteiger partial charge in [0.05, 0.1) is 11.6 Å². The number of amides is 1. The van der Waals surface area contributed by atoms with Gasteiger partial charge in [0.15, 0.2) is 0 Å². The molecule has 0 atom stereocenters. The van der Waals surface area contributed by atoms with E-state index in [1.54, 1.807) is 16.2 Å². The van der Waals surface area contributed by atoms with Gasteiger partial charge in [0.2, 0.25) is 5.91 Å². The second-order valence-electron chi connectivity index (χ2n) is 3.80. The second-order valence-corrected chi connectivity index (χ2v) is 5.12. The maximum Gasteiger partial charge on any atom is 0.222 e. The average Bonchev–Trinajstić information content (AvgIpc) is 2.64. The Bertz CT molecular complexity index is 347. The molecule has 0 aromatic carbocycles. The molecule has 1 aromatic heterocycles. The van der Waals surface area contributed by atoms with Crippen molar-refractivity contribution < 1.29 is 4.79 Å². The fraction of sp³-hybridized carbons (Fsp3) is 0.636. The molecule has 1 N–H and O–H groups in total. The highest BCUT2D eigenvalue weighted by atomic mass is 35.5.